The number of sulfonamides is 1. The maximum Gasteiger partial charge on any atom is 0.240 e. The quantitative estimate of drug-likeness (QED) is 0.678. The van der Waals surface area contributed by atoms with E-state index in [1.165, 1.54) is 6.07 Å². The summed E-state index contributed by atoms with van der Waals surface area (Å²) in [5.41, 5.74) is -0.0462. The second-order valence-corrected chi connectivity index (χ2v) is 6.37. The Bertz CT molecular complexity index is 551. The fourth-order valence-corrected chi connectivity index (χ4v) is 2.72. The molecule has 0 aromatic heterocycles. The van der Waals surface area contributed by atoms with Crippen LogP contribution in [0.15, 0.2) is 23.1 Å². The van der Waals surface area contributed by atoms with Crippen LogP contribution in [0.25, 0.3) is 0 Å². The van der Waals surface area contributed by atoms with Crippen LogP contribution in [0.1, 0.15) is 5.56 Å². The largest absolute Gasteiger partial charge is 0.392 e. The smallest absolute Gasteiger partial charge is 0.240 e. The van der Waals surface area contributed by atoms with Gasteiger partial charge < -0.3 is 14.7 Å². The van der Waals surface area contributed by atoms with Crippen LogP contribution in [-0.2, 0) is 21.4 Å². The van der Waals surface area contributed by atoms with Crippen molar-refractivity contribution in [3.05, 3.63) is 29.6 Å². The number of rotatable bonds is 9. The number of aliphatic hydroxyl groups is 1. The number of hydrogen-bond acceptors (Lipinski definition) is 5. The normalized spacial score (nSPS) is 12.0. The van der Waals surface area contributed by atoms with Crippen molar-refractivity contribution in [1.82, 2.24) is 9.62 Å². The summed E-state index contributed by atoms with van der Waals surface area (Å²) >= 11 is 0. The number of nitrogens with one attached hydrogen (secondary N) is 1. The molecule has 0 aliphatic carbocycles. The van der Waals surface area contributed by atoms with Crippen molar-refractivity contribution in [3.8, 4) is 0 Å². The Kier molecular flexibility index (Phi) is 7.20. The van der Waals surface area contributed by atoms with E-state index in [-0.39, 0.29) is 17.0 Å². The van der Waals surface area contributed by atoms with E-state index < -0.39 is 22.4 Å². The van der Waals surface area contributed by atoms with Crippen molar-refractivity contribution < 1.29 is 22.7 Å². The lowest BCUT2D eigenvalue weighted by Crippen LogP contribution is -2.34. The third-order valence-electron chi connectivity index (χ3n) is 2.96. The second kappa shape index (κ2) is 8.40. The van der Waals surface area contributed by atoms with Gasteiger partial charge in [-0.05, 0) is 25.2 Å². The molecule has 0 saturated heterocycles. The molecule has 0 heterocycles. The zero-order chi connectivity index (χ0) is 15.9. The summed E-state index contributed by atoms with van der Waals surface area (Å²) in [4.78, 5) is 1.86. The van der Waals surface area contributed by atoms with E-state index in [1.54, 1.807) is 7.11 Å². The molecule has 1 aromatic rings. The summed E-state index contributed by atoms with van der Waals surface area (Å²) in [6.45, 7) is 1.48. The van der Waals surface area contributed by atoms with Crippen molar-refractivity contribution in [3.63, 3.8) is 0 Å². The van der Waals surface area contributed by atoms with Gasteiger partial charge >= 0.3 is 0 Å². The van der Waals surface area contributed by atoms with Gasteiger partial charge in [-0.1, -0.05) is 0 Å². The summed E-state index contributed by atoms with van der Waals surface area (Å²) < 4.78 is 44.7. The topological polar surface area (TPSA) is 78.9 Å². The highest BCUT2D eigenvalue weighted by Gasteiger charge is 2.15. The first-order valence-electron chi connectivity index (χ1n) is 6.47. The van der Waals surface area contributed by atoms with E-state index in [1.807, 2.05) is 11.9 Å². The molecule has 1 aromatic carbocycles. The number of hydrogen-bond donors (Lipinski definition) is 2. The van der Waals surface area contributed by atoms with Crippen molar-refractivity contribution in [2.24, 2.45) is 0 Å². The highest BCUT2D eigenvalue weighted by Crippen LogP contribution is 2.14. The average Bonchev–Trinajstić information content (AvgIpc) is 2.45. The van der Waals surface area contributed by atoms with Gasteiger partial charge in [0.05, 0.1) is 18.1 Å². The molecule has 0 fully saturated rings. The molecule has 0 saturated carbocycles. The number of halogens is 1. The molecule has 1 rings (SSSR count). The van der Waals surface area contributed by atoms with Crippen LogP contribution in [0.5, 0.6) is 0 Å². The lowest BCUT2D eigenvalue weighted by Gasteiger charge is -2.16. The van der Waals surface area contributed by atoms with Gasteiger partial charge in [-0.25, -0.2) is 17.5 Å². The first kappa shape index (κ1) is 18.0. The first-order valence-corrected chi connectivity index (χ1v) is 7.95. The van der Waals surface area contributed by atoms with Crippen LogP contribution in [0.3, 0.4) is 0 Å². The molecule has 0 bridgehead atoms. The van der Waals surface area contributed by atoms with E-state index in [9.17, 15) is 12.8 Å². The highest BCUT2D eigenvalue weighted by molar-refractivity contribution is 7.89. The van der Waals surface area contributed by atoms with E-state index >= 15 is 0 Å². The van der Waals surface area contributed by atoms with Gasteiger partial charge in [-0.2, -0.15) is 0 Å². The zero-order valence-corrected chi connectivity index (χ0v) is 13.0. The Labute approximate surface area is 124 Å². The summed E-state index contributed by atoms with van der Waals surface area (Å²) in [6, 6.07) is 3.34. The lowest BCUT2D eigenvalue weighted by atomic mass is 10.2. The fourth-order valence-electron chi connectivity index (χ4n) is 1.65. The Morgan fingerprint density at radius 2 is 2.10 bits per heavy atom. The fraction of sp³-hybridized carbons (Fsp3) is 0.538. The number of nitrogens with zero attached hydrogens (tertiary/aromatic N) is 1. The molecular formula is C13H21FN2O4S. The third kappa shape index (κ3) is 5.68. The molecular weight excluding hydrogens is 299 g/mol. The maximum atomic E-state index is 13.2. The van der Waals surface area contributed by atoms with E-state index in [2.05, 4.69) is 4.72 Å². The molecule has 21 heavy (non-hydrogen) atoms. The molecule has 8 heteroatoms. The molecule has 120 valence electrons. The zero-order valence-electron chi connectivity index (χ0n) is 12.2. The minimum absolute atomic E-state index is 0.0462. The van der Waals surface area contributed by atoms with Crippen LogP contribution in [0, 0.1) is 5.82 Å². The molecule has 0 atom stereocenters. The highest BCUT2D eigenvalue weighted by atomic mass is 32.2. The monoisotopic (exact) mass is 320 g/mol. The number of likely N-dealkylation sites (N-methyl/N-ethyl adjacent to an activating group) is 1. The van der Waals surface area contributed by atoms with Gasteiger partial charge in [0, 0.05) is 32.3 Å². The Balaban J connectivity index is 2.61. The summed E-state index contributed by atoms with van der Waals surface area (Å²) in [6.07, 6.45) is 0. The molecule has 0 aliphatic rings. The van der Waals surface area contributed by atoms with Crippen molar-refractivity contribution in [2.45, 2.75) is 11.5 Å². The maximum absolute atomic E-state index is 13.2. The second-order valence-electron chi connectivity index (χ2n) is 4.61. The molecule has 2 N–H and O–H groups in total. The van der Waals surface area contributed by atoms with E-state index in [4.69, 9.17) is 9.84 Å². The Hall–Kier alpha value is -1.06. The Morgan fingerprint density at radius 3 is 2.71 bits per heavy atom. The van der Waals surface area contributed by atoms with Gasteiger partial charge in [0.1, 0.15) is 5.82 Å². The third-order valence-corrected chi connectivity index (χ3v) is 4.42. The summed E-state index contributed by atoms with van der Waals surface area (Å²) in [5.74, 6) is -0.629. The molecule has 6 nitrogen and oxygen atoms in total. The first-order chi connectivity index (χ1) is 9.90. The number of methoxy groups -OCH3 is 1. The predicted octanol–water partition coefficient (Wildman–Crippen LogP) is 0.175. The van der Waals surface area contributed by atoms with Gasteiger partial charge in [0.25, 0.3) is 0 Å². The van der Waals surface area contributed by atoms with Gasteiger partial charge in [0.2, 0.25) is 10.0 Å². The average molecular weight is 320 g/mol. The van der Waals surface area contributed by atoms with Crippen LogP contribution in [0.2, 0.25) is 0 Å². The number of ether oxygens (including phenoxy) is 1. The molecule has 0 aliphatic heterocycles. The predicted molar refractivity (Wildman–Crippen MR) is 76.9 cm³/mol. The summed E-state index contributed by atoms with van der Waals surface area (Å²) in [5, 5.41) is 8.97. The van der Waals surface area contributed by atoms with Crippen molar-refractivity contribution >= 4 is 10.0 Å². The lowest BCUT2D eigenvalue weighted by molar-refractivity contribution is 0.162. The van der Waals surface area contributed by atoms with Gasteiger partial charge in [0.15, 0.2) is 0 Å². The van der Waals surface area contributed by atoms with Gasteiger partial charge in [-0.3, -0.25) is 0 Å². The van der Waals surface area contributed by atoms with E-state index in [0.717, 1.165) is 12.1 Å². The van der Waals surface area contributed by atoms with Gasteiger partial charge in [-0.15, -0.1) is 0 Å². The van der Waals surface area contributed by atoms with Crippen molar-refractivity contribution in [2.75, 3.05) is 40.4 Å². The van der Waals surface area contributed by atoms with Crippen LogP contribution in [0.4, 0.5) is 4.39 Å². The number of aliphatic hydroxyl groups excluding tert-OH is 1. The molecule has 0 radical (unpaired) electrons. The number of benzene rings is 1. The Morgan fingerprint density at radius 1 is 1.38 bits per heavy atom. The van der Waals surface area contributed by atoms with Crippen LogP contribution >= 0.6 is 0 Å². The van der Waals surface area contributed by atoms with Crippen LogP contribution < -0.4 is 4.72 Å². The standard InChI is InChI=1S/C13H21FN2O4S/c1-16(7-8-20-2)6-5-15-21(18,19)12-3-4-13(14)11(9-12)10-17/h3-4,9,15,17H,5-8,10H2,1-2H3. The molecule has 0 unspecified atom stereocenters. The van der Waals surface area contributed by atoms with Crippen LogP contribution in [-0.4, -0.2) is 58.8 Å². The minimum Gasteiger partial charge on any atom is -0.392 e. The van der Waals surface area contributed by atoms with Crippen molar-refractivity contribution in [1.29, 1.82) is 0 Å². The SMILES string of the molecule is COCCN(C)CCNS(=O)(=O)c1ccc(F)c(CO)c1. The minimum atomic E-state index is -3.71. The molecule has 0 amide bonds. The molecule has 0 spiro atoms. The van der Waals surface area contributed by atoms with E-state index in [0.29, 0.717) is 19.7 Å². The summed E-state index contributed by atoms with van der Waals surface area (Å²) in [7, 11) is -0.254.